The smallest absolute Gasteiger partial charge is 0.123 e. The molecule has 3 heteroatoms. The van der Waals surface area contributed by atoms with E-state index in [2.05, 4.69) is 24.0 Å². The summed E-state index contributed by atoms with van der Waals surface area (Å²) in [5, 5.41) is 0. The first kappa shape index (κ1) is 13.6. The van der Waals surface area contributed by atoms with Gasteiger partial charge in [0.1, 0.15) is 5.82 Å². The molecule has 0 aliphatic rings. The molecule has 0 aliphatic heterocycles. The van der Waals surface area contributed by atoms with Gasteiger partial charge in [0, 0.05) is 25.3 Å². The Morgan fingerprint density at radius 1 is 1.16 bits per heavy atom. The molecule has 0 radical (unpaired) electrons. The summed E-state index contributed by atoms with van der Waals surface area (Å²) in [6.07, 6.45) is 0. The molecule has 2 aromatic carbocycles. The Morgan fingerprint density at radius 3 is 2.58 bits per heavy atom. The standard InChI is InChI=1S/C16H19FN2/c1-12-5-3-8-15(9-12)19(2)11-16(18)13-6-4-7-14(17)10-13/h3-10,16H,11,18H2,1-2H3. The van der Waals surface area contributed by atoms with Crippen LogP contribution in [-0.2, 0) is 0 Å². The van der Waals surface area contributed by atoms with Crippen LogP contribution in [0.5, 0.6) is 0 Å². The number of halogens is 1. The van der Waals surface area contributed by atoms with Gasteiger partial charge in [-0.1, -0.05) is 24.3 Å². The summed E-state index contributed by atoms with van der Waals surface area (Å²) in [7, 11) is 1.99. The quantitative estimate of drug-likeness (QED) is 0.912. The van der Waals surface area contributed by atoms with Crippen LogP contribution in [0.3, 0.4) is 0 Å². The third-order valence-electron chi connectivity index (χ3n) is 3.19. The minimum absolute atomic E-state index is 0.207. The monoisotopic (exact) mass is 258 g/mol. The van der Waals surface area contributed by atoms with Crippen LogP contribution in [0, 0.1) is 12.7 Å². The number of nitrogens with zero attached hydrogens (tertiary/aromatic N) is 1. The number of nitrogens with two attached hydrogens (primary N) is 1. The van der Waals surface area contributed by atoms with Gasteiger partial charge in [-0.3, -0.25) is 0 Å². The van der Waals surface area contributed by atoms with E-state index in [0.717, 1.165) is 11.3 Å². The van der Waals surface area contributed by atoms with Crippen molar-refractivity contribution in [3.05, 3.63) is 65.5 Å². The number of hydrogen-bond acceptors (Lipinski definition) is 2. The summed E-state index contributed by atoms with van der Waals surface area (Å²) < 4.78 is 13.2. The molecule has 1 atom stereocenters. The molecule has 0 bridgehead atoms. The second-order valence-corrected chi connectivity index (χ2v) is 4.88. The Labute approximate surface area is 113 Å². The van der Waals surface area contributed by atoms with Gasteiger partial charge in [-0.05, 0) is 42.3 Å². The maximum atomic E-state index is 13.2. The number of aryl methyl sites for hydroxylation is 1. The lowest BCUT2D eigenvalue weighted by Crippen LogP contribution is -2.29. The summed E-state index contributed by atoms with van der Waals surface area (Å²) in [5.74, 6) is -0.244. The summed E-state index contributed by atoms with van der Waals surface area (Å²) in [6, 6.07) is 14.5. The van der Waals surface area contributed by atoms with Gasteiger partial charge in [-0.25, -0.2) is 4.39 Å². The number of hydrogen-bond donors (Lipinski definition) is 1. The molecule has 0 spiro atoms. The van der Waals surface area contributed by atoms with Gasteiger partial charge in [-0.2, -0.15) is 0 Å². The second-order valence-electron chi connectivity index (χ2n) is 4.88. The topological polar surface area (TPSA) is 29.3 Å². The highest BCUT2D eigenvalue weighted by Crippen LogP contribution is 2.18. The molecule has 2 rings (SSSR count). The van der Waals surface area contributed by atoms with Crippen molar-refractivity contribution in [2.75, 3.05) is 18.5 Å². The van der Waals surface area contributed by atoms with E-state index in [1.54, 1.807) is 6.07 Å². The average molecular weight is 258 g/mol. The molecule has 0 fully saturated rings. The van der Waals surface area contributed by atoms with E-state index < -0.39 is 0 Å². The zero-order valence-electron chi connectivity index (χ0n) is 11.3. The van der Waals surface area contributed by atoms with Crippen molar-refractivity contribution in [3.63, 3.8) is 0 Å². The first-order valence-electron chi connectivity index (χ1n) is 6.35. The lowest BCUT2D eigenvalue weighted by atomic mass is 10.1. The Kier molecular flexibility index (Phi) is 4.17. The Morgan fingerprint density at radius 2 is 1.89 bits per heavy atom. The van der Waals surface area contributed by atoms with Crippen LogP contribution in [0.15, 0.2) is 48.5 Å². The van der Waals surface area contributed by atoms with Gasteiger partial charge in [0.05, 0.1) is 0 Å². The summed E-state index contributed by atoms with van der Waals surface area (Å²) >= 11 is 0. The van der Waals surface area contributed by atoms with Gasteiger partial charge in [0.15, 0.2) is 0 Å². The number of benzene rings is 2. The SMILES string of the molecule is Cc1cccc(N(C)CC(N)c2cccc(F)c2)c1. The summed E-state index contributed by atoms with van der Waals surface area (Å²) in [5.41, 5.74) is 9.28. The van der Waals surface area contributed by atoms with Crippen molar-refractivity contribution in [2.24, 2.45) is 5.73 Å². The Balaban J connectivity index is 2.08. The van der Waals surface area contributed by atoms with Crippen LogP contribution >= 0.6 is 0 Å². The summed E-state index contributed by atoms with van der Waals surface area (Å²) in [6.45, 7) is 2.71. The van der Waals surface area contributed by atoms with Gasteiger partial charge in [-0.15, -0.1) is 0 Å². The second kappa shape index (κ2) is 5.85. The van der Waals surface area contributed by atoms with E-state index in [1.165, 1.54) is 17.7 Å². The molecule has 2 aromatic rings. The fourth-order valence-corrected chi connectivity index (χ4v) is 2.11. The van der Waals surface area contributed by atoms with Crippen molar-refractivity contribution in [2.45, 2.75) is 13.0 Å². The van der Waals surface area contributed by atoms with Crippen LogP contribution < -0.4 is 10.6 Å². The molecule has 0 amide bonds. The molecule has 0 saturated carbocycles. The highest BCUT2D eigenvalue weighted by atomic mass is 19.1. The lowest BCUT2D eigenvalue weighted by Gasteiger charge is -2.24. The van der Waals surface area contributed by atoms with Crippen LogP contribution in [-0.4, -0.2) is 13.6 Å². The number of rotatable bonds is 4. The first-order chi connectivity index (χ1) is 9.06. The molecule has 0 aromatic heterocycles. The van der Waals surface area contributed by atoms with Crippen molar-refractivity contribution >= 4 is 5.69 Å². The average Bonchev–Trinajstić information content (AvgIpc) is 2.38. The highest BCUT2D eigenvalue weighted by molar-refractivity contribution is 5.48. The molecule has 0 aliphatic carbocycles. The van der Waals surface area contributed by atoms with Crippen molar-refractivity contribution in [1.29, 1.82) is 0 Å². The maximum Gasteiger partial charge on any atom is 0.123 e. The fraction of sp³-hybridized carbons (Fsp3) is 0.250. The molecule has 0 heterocycles. The minimum Gasteiger partial charge on any atom is -0.373 e. The third kappa shape index (κ3) is 3.55. The fourth-order valence-electron chi connectivity index (χ4n) is 2.11. The van der Waals surface area contributed by atoms with Crippen molar-refractivity contribution < 1.29 is 4.39 Å². The maximum absolute atomic E-state index is 13.2. The van der Waals surface area contributed by atoms with Gasteiger partial charge in [0.25, 0.3) is 0 Å². The molecule has 2 nitrogen and oxygen atoms in total. The van der Waals surface area contributed by atoms with Crippen LogP contribution in [0.1, 0.15) is 17.2 Å². The predicted octanol–water partition coefficient (Wildman–Crippen LogP) is 3.27. The minimum atomic E-state index is -0.244. The highest BCUT2D eigenvalue weighted by Gasteiger charge is 2.10. The van der Waals surface area contributed by atoms with Crippen LogP contribution in [0.4, 0.5) is 10.1 Å². The Bertz CT molecular complexity index is 504. The van der Waals surface area contributed by atoms with E-state index in [-0.39, 0.29) is 11.9 Å². The Hall–Kier alpha value is -1.87. The molecular weight excluding hydrogens is 239 g/mol. The van der Waals surface area contributed by atoms with Crippen LogP contribution in [0.2, 0.25) is 0 Å². The number of likely N-dealkylation sites (N-methyl/N-ethyl adjacent to an activating group) is 1. The zero-order chi connectivity index (χ0) is 13.8. The van der Waals surface area contributed by atoms with Crippen molar-refractivity contribution in [1.82, 2.24) is 0 Å². The molecular formula is C16H19FN2. The number of anilines is 1. The van der Waals surface area contributed by atoms with Crippen molar-refractivity contribution in [3.8, 4) is 0 Å². The molecule has 1 unspecified atom stereocenters. The third-order valence-corrected chi connectivity index (χ3v) is 3.19. The predicted molar refractivity (Wildman–Crippen MR) is 77.8 cm³/mol. The largest absolute Gasteiger partial charge is 0.373 e. The normalized spacial score (nSPS) is 12.2. The molecule has 0 saturated heterocycles. The zero-order valence-corrected chi connectivity index (χ0v) is 11.3. The first-order valence-corrected chi connectivity index (χ1v) is 6.35. The lowest BCUT2D eigenvalue weighted by molar-refractivity contribution is 0.618. The molecule has 100 valence electrons. The van der Waals surface area contributed by atoms with E-state index in [9.17, 15) is 4.39 Å². The van der Waals surface area contributed by atoms with E-state index in [0.29, 0.717) is 6.54 Å². The van der Waals surface area contributed by atoms with E-state index >= 15 is 0 Å². The molecule has 2 N–H and O–H groups in total. The van der Waals surface area contributed by atoms with Gasteiger partial charge < -0.3 is 10.6 Å². The summed E-state index contributed by atoms with van der Waals surface area (Å²) in [4.78, 5) is 2.09. The van der Waals surface area contributed by atoms with Gasteiger partial charge in [0.2, 0.25) is 0 Å². The van der Waals surface area contributed by atoms with Gasteiger partial charge >= 0.3 is 0 Å². The van der Waals surface area contributed by atoms with E-state index in [1.807, 2.05) is 25.2 Å². The van der Waals surface area contributed by atoms with E-state index in [4.69, 9.17) is 5.73 Å². The molecule has 19 heavy (non-hydrogen) atoms. The van der Waals surface area contributed by atoms with Crippen LogP contribution in [0.25, 0.3) is 0 Å².